The van der Waals surface area contributed by atoms with Gasteiger partial charge in [-0.05, 0) is 40.6 Å². The minimum atomic E-state index is -3.37. The van der Waals surface area contributed by atoms with Crippen LogP contribution in [0, 0.1) is 0 Å². The van der Waals surface area contributed by atoms with Crippen molar-refractivity contribution in [3.05, 3.63) is 52.4 Å². The summed E-state index contributed by atoms with van der Waals surface area (Å²) in [4.78, 5) is 0.281. The summed E-state index contributed by atoms with van der Waals surface area (Å²) in [6.45, 7) is 5.39. The average molecular weight is 287 g/mol. The van der Waals surface area contributed by atoms with E-state index < -0.39 is 9.84 Å². The summed E-state index contributed by atoms with van der Waals surface area (Å²) in [6.07, 6.45) is 0. The molecule has 0 atom stereocenters. The fourth-order valence-electron chi connectivity index (χ4n) is 0.915. The second kappa shape index (κ2) is 4.77. The highest BCUT2D eigenvalue weighted by Gasteiger charge is 2.11. The number of allylic oxidation sites excluding steroid dienone is 2. The molecule has 15 heavy (non-hydrogen) atoms. The van der Waals surface area contributed by atoms with Crippen molar-refractivity contribution in [2.45, 2.75) is 11.8 Å². The SMILES string of the molecule is C=C(C)/C(Br)=C\S(=O)(=O)c1ccccc1. The van der Waals surface area contributed by atoms with E-state index >= 15 is 0 Å². The quantitative estimate of drug-likeness (QED) is 0.799. The Bertz CT molecular complexity index is 487. The average Bonchev–Trinajstić information content (AvgIpc) is 2.18. The standard InChI is InChI=1S/C11H11BrO2S/c1-9(2)11(12)8-15(13,14)10-6-4-3-5-7-10/h3-8H,1H2,2H3/b11-8+. The number of hydrogen-bond donors (Lipinski definition) is 0. The summed E-state index contributed by atoms with van der Waals surface area (Å²) in [6, 6.07) is 8.27. The van der Waals surface area contributed by atoms with E-state index in [2.05, 4.69) is 22.5 Å². The Morgan fingerprint density at radius 2 is 1.87 bits per heavy atom. The smallest absolute Gasteiger partial charge is 0.200 e. The lowest BCUT2D eigenvalue weighted by atomic mass is 10.4. The molecule has 0 radical (unpaired) electrons. The van der Waals surface area contributed by atoms with E-state index in [1.165, 1.54) is 5.41 Å². The van der Waals surface area contributed by atoms with Crippen molar-refractivity contribution in [2.24, 2.45) is 0 Å². The van der Waals surface area contributed by atoms with E-state index in [0.29, 0.717) is 10.1 Å². The van der Waals surface area contributed by atoms with E-state index in [1.807, 2.05) is 0 Å². The van der Waals surface area contributed by atoms with Gasteiger partial charge in [0.1, 0.15) is 0 Å². The van der Waals surface area contributed by atoms with E-state index in [-0.39, 0.29) is 4.90 Å². The molecule has 4 heteroatoms. The van der Waals surface area contributed by atoms with Crippen LogP contribution in [0.5, 0.6) is 0 Å². The Labute approximate surface area is 98.4 Å². The molecule has 1 aromatic rings. The molecule has 0 unspecified atom stereocenters. The van der Waals surface area contributed by atoms with Gasteiger partial charge in [0.05, 0.1) is 4.90 Å². The third kappa shape index (κ3) is 3.32. The van der Waals surface area contributed by atoms with Crippen LogP contribution in [0.15, 0.2) is 57.3 Å². The molecule has 2 nitrogen and oxygen atoms in total. The second-order valence-electron chi connectivity index (χ2n) is 3.10. The molecule has 0 aliphatic rings. The van der Waals surface area contributed by atoms with Gasteiger partial charge in [-0.15, -0.1) is 0 Å². The topological polar surface area (TPSA) is 34.1 Å². The maximum atomic E-state index is 11.8. The number of rotatable bonds is 3. The van der Waals surface area contributed by atoms with Crippen LogP contribution in [0.1, 0.15) is 6.92 Å². The largest absolute Gasteiger partial charge is 0.219 e. The molecule has 0 amide bonds. The Kier molecular flexibility index (Phi) is 3.88. The minimum Gasteiger partial charge on any atom is -0.219 e. The van der Waals surface area contributed by atoms with E-state index in [9.17, 15) is 8.42 Å². The van der Waals surface area contributed by atoms with Gasteiger partial charge in [0.15, 0.2) is 0 Å². The van der Waals surface area contributed by atoms with Gasteiger partial charge in [-0.2, -0.15) is 0 Å². The number of hydrogen-bond acceptors (Lipinski definition) is 2. The minimum absolute atomic E-state index is 0.281. The monoisotopic (exact) mass is 286 g/mol. The fourth-order valence-corrected chi connectivity index (χ4v) is 2.80. The van der Waals surface area contributed by atoms with Gasteiger partial charge in [0.2, 0.25) is 9.84 Å². The van der Waals surface area contributed by atoms with Crippen molar-refractivity contribution in [2.75, 3.05) is 0 Å². The lowest BCUT2D eigenvalue weighted by Crippen LogP contribution is -1.96. The van der Waals surface area contributed by atoms with Gasteiger partial charge >= 0.3 is 0 Å². The van der Waals surface area contributed by atoms with Crippen LogP contribution in [0.25, 0.3) is 0 Å². The molecule has 0 saturated heterocycles. The summed E-state index contributed by atoms with van der Waals surface area (Å²) < 4.78 is 24.1. The maximum absolute atomic E-state index is 11.8. The molecule has 0 aliphatic heterocycles. The first kappa shape index (κ1) is 12.2. The first-order valence-corrected chi connectivity index (χ1v) is 6.60. The Morgan fingerprint density at radius 1 is 1.33 bits per heavy atom. The zero-order chi connectivity index (χ0) is 11.5. The van der Waals surface area contributed by atoms with Gasteiger partial charge in [0.25, 0.3) is 0 Å². The van der Waals surface area contributed by atoms with E-state index in [4.69, 9.17) is 0 Å². The van der Waals surface area contributed by atoms with Gasteiger partial charge in [-0.25, -0.2) is 8.42 Å². The highest BCUT2D eigenvalue weighted by atomic mass is 79.9. The van der Waals surface area contributed by atoms with Crippen molar-refractivity contribution in [3.63, 3.8) is 0 Å². The molecule has 80 valence electrons. The van der Waals surface area contributed by atoms with Gasteiger partial charge in [0, 0.05) is 9.89 Å². The zero-order valence-corrected chi connectivity index (χ0v) is 10.7. The molecule has 0 saturated carbocycles. The lowest BCUT2D eigenvalue weighted by molar-refractivity contribution is 0.604. The van der Waals surface area contributed by atoms with E-state index in [0.717, 1.165) is 0 Å². The van der Waals surface area contributed by atoms with Crippen molar-refractivity contribution >= 4 is 25.8 Å². The zero-order valence-electron chi connectivity index (χ0n) is 8.27. The van der Waals surface area contributed by atoms with Crippen LogP contribution in [0.2, 0.25) is 0 Å². The molecule has 0 N–H and O–H groups in total. The van der Waals surface area contributed by atoms with Crippen LogP contribution in [0.4, 0.5) is 0 Å². The molecule has 0 aromatic heterocycles. The first-order valence-electron chi connectivity index (χ1n) is 4.27. The molecule has 1 aromatic carbocycles. The number of benzene rings is 1. The highest BCUT2D eigenvalue weighted by Crippen LogP contribution is 2.20. The molecule has 0 spiro atoms. The number of halogens is 1. The predicted molar refractivity (Wildman–Crippen MR) is 65.5 cm³/mol. The van der Waals surface area contributed by atoms with Gasteiger partial charge in [-0.3, -0.25) is 0 Å². The third-order valence-electron chi connectivity index (χ3n) is 1.74. The second-order valence-corrected chi connectivity index (χ2v) is 5.76. The van der Waals surface area contributed by atoms with Crippen LogP contribution in [0.3, 0.4) is 0 Å². The van der Waals surface area contributed by atoms with Crippen molar-refractivity contribution in [1.82, 2.24) is 0 Å². The summed E-state index contributed by atoms with van der Waals surface area (Å²) in [5, 5.41) is 1.17. The first-order chi connectivity index (χ1) is 6.93. The van der Waals surface area contributed by atoms with Crippen LogP contribution in [-0.2, 0) is 9.84 Å². The molecule has 0 bridgehead atoms. The van der Waals surface area contributed by atoms with Crippen LogP contribution in [-0.4, -0.2) is 8.42 Å². The van der Waals surface area contributed by atoms with E-state index in [1.54, 1.807) is 37.3 Å². The molecule has 0 fully saturated rings. The van der Waals surface area contributed by atoms with Crippen molar-refractivity contribution in [1.29, 1.82) is 0 Å². The van der Waals surface area contributed by atoms with Crippen molar-refractivity contribution < 1.29 is 8.42 Å². The summed E-state index contributed by atoms with van der Waals surface area (Å²) in [5.74, 6) is 0. The molecule has 0 heterocycles. The molecular formula is C11H11BrO2S. The molecule has 0 aliphatic carbocycles. The predicted octanol–water partition coefficient (Wildman–Crippen LogP) is 3.27. The Balaban J connectivity index is 3.17. The normalized spacial score (nSPS) is 12.5. The van der Waals surface area contributed by atoms with Crippen LogP contribution < -0.4 is 0 Å². The summed E-state index contributed by atoms with van der Waals surface area (Å²) in [5.41, 5.74) is 0.675. The molecule has 1 rings (SSSR count). The van der Waals surface area contributed by atoms with Crippen molar-refractivity contribution in [3.8, 4) is 0 Å². The Hall–Kier alpha value is -0.870. The lowest BCUT2D eigenvalue weighted by Gasteiger charge is -2.00. The van der Waals surface area contributed by atoms with Gasteiger partial charge in [-0.1, -0.05) is 24.8 Å². The fraction of sp³-hybridized carbons (Fsp3) is 0.0909. The third-order valence-corrected chi connectivity index (χ3v) is 4.42. The Morgan fingerprint density at radius 3 is 2.33 bits per heavy atom. The maximum Gasteiger partial charge on any atom is 0.200 e. The summed E-state index contributed by atoms with van der Waals surface area (Å²) in [7, 11) is -3.37. The van der Waals surface area contributed by atoms with Gasteiger partial charge < -0.3 is 0 Å². The van der Waals surface area contributed by atoms with Crippen LogP contribution >= 0.6 is 15.9 Å². The highest BCUT2D eigenvalue weighted by molar-refractivity contribution is 9.12. The molecular weight excluding hydrogens is 276 g/mol. The summed E-state index contributed by atoms with van der Waals surface area (Å²) >= 11 is 3.16. The number of sulfone groups is 1.